The van der Waals surface area contributed by atoms with Gasteiger partial charge in [0.15, 0.2) is 0 Å². The smallest absolute Gasteiger partial charge is 0.305 e. The van der Waals surface area contributed by atoms with E-state index in [-0.39, 0.29) is 31.1 Å². The van der Waals surface area contributed by atoms with E-state index in [4.69, 9.17) is 5.11 Å². The van der Waals surface area contributed by atoms with E-state index in [1.807, 2.05) is 6.92 Å². The van der Waals surface area contributed by atoms with Crippen molar-refractivity contribution in [3.05, 3.63) is 0 Å². The van der Waals surface area contributed by atoms with E-state index in [0.717, 1.165) is 19.3 Å². The summed E-state index contributed by atoms with van der Waals surface area (Å²) in [6, 6.07) is 0. The number of amides is 2. The van der Waals surface area contributed by atoms with Crippen molar-refractivity contribution >= 4 is 17.8 Å². The highest BCUT2D eigenvalue weighted by molar-refractivity contribution is 5.84. The van der Waals surface area contributed by atoms with Gasteiger partial charge in [0.25, 0.3) is 0 Å². The molecule has 0 aromatic heterocycles. The SMILES string of the molecule is CCCNC(=O)CCC(=O)NC1(CC(=O)O)CCCC1. The van der Waals surface area contributed by atoms with E-state index in [2.05, 4.69) is 10.6 Å². The first-order chi connectivity index (χ1) is 9.47. The first-order valence-electron chi connectivity index (χ1n) is 7.27. The lowest BCUT2D eigenvalue weighted by Crippen LogP contribution is -2.48. The van der Waals surface area contributed by atoms with Crippen LogP contribution in [0.4, 0.5) is 0 Å². The molecule has 3 N–H and O–H groups in total. The van der Waals surface area contributed by atoms with Gasteiger partial charge in [-0.05, 0) is 19.3 Å². The van der Waals surface area contributed by atoms with E-state index in [1.54, 1.807) is 0 Å². The number of carbonyl (C=O) groups is 3. The summed E-state index contributed by atoms with van der Waals surface area (Å²) in [6.07, 6.45) is 4.35. The lowest BCUT2D eigenvalue weighted by molar-refractivity contribution is -0.139. The summed E-state index contributed by atoms with van der Waals surface area (Å²) >= 11 is 0. The lowest BCUT2D eigenvalue weighted by Gasteiger charge is -2.28. The van der Waals surface area contributed by atoms with Gasteiger partial charge in [-0.3, -0.25) is 14.4 Å². The van der Waals surface area contributed by atoms with Gasteiger partial charge in [-0.25, -0.2) is 0 Å². The van der Waals surface area contributed by atoms with Gasteiger partial charge < -0.3 is 15.7 Å². The monoisotopic (exact) mass is 284 g/mol. The number of hydrogen-bond donors (Lipinski definition) is 3. The Labute approximate surface area is 119 Å². The highest BCUT2D eigenvalue weighted by Gasteiger charge is 2.37. The van der Waals surface area contributed by atoms with Gasteiger partial charge in [0.1, 0.15) is 0 Å². The van der Waals surface area contributed by atoms with Crippen LogP contribution in [0.2, 0.25) is 0 Å². The largest absolute Gasteiger partial charge is 0.481 e. The van der Waals surface area contributed by atoms with Crippen molar-refractivity contribution in [1.82, 2.24) is 10.6 Å². The van der Waals surface area contributed by atoms with Gasteiger partial charge in [0.2, 0.25) is 11.8 Å². The maximum atomic E-state index is 11.9. The Hall–Kier alpha value is -1.59. The molecule has 1 aliphatic rings. The summed E-state index contributed by atoms with van der Waals surface area (Å²) < 4.78 is 0. The van der Waals surface area contributed by atoms with Crippen molar-refractivity contribution in [3.8, 4) is 0 Å². The van der Waals surface area contributed by atoms with E-state index in [0.29, 0.717) is 19.4 Å². The number of aliphatic carboxylic acids is 1. The molecule has 114 valence electrons. The van der Waals surface area contributed by atoms with Crippen LogP contribution in [0.5, 0.6) is 0 Å². The Morgan fingerprint density at radius 3 is 2.25 bits per heavy atom. The molecule has 0 atom stereocenters. The van der Waals surface area contributed by atoms with Crippen LogP contribution in [-0.4, -0.2) is 35.0 Å². The molecule has 0 aromatic rings. The lowest BCUT2D eigenvalue weighted by atomic mass is 9.93. The molecule has 0 saturated heterocycles. The van der Waals surface area contributed by atoms with E-state index >= 15 is 0 Å². The molecule has 6 nitrogen and oxygen atoms in total. The molecule has 1 aliphatic carbocycles. The Kier molecular flexibility index (Phi) is 6.48. The zero-order valence-electron chi connectivity index (χ0n) is 12.0. The molecular weight excluding hydrogens is 260 g/mol. The second-order valence-corrected chi connectivity index (χ2v) is 5.46. The minimum absolute atomic E-state index is 0.0409. The zero-order valence-corrected chi connectivity index (χ0v) is 12.0. The Morgan fingerprint density at radius 1 is 1.10 bits per heavy atom. The van der Waals surface area contributed by atoms with Crippen LogP contribution in [0.1, 0.15) is 58.3 Å². The number of carboxylic acid groups (broad SMARTS) is 1. The molecule has 1 rings (SSSR count). The fourth-order valence-electron chi connectivity index (χ4n) is 2.63. The quantitative estimate of drug-likeness (QED) is 0.624. The third kappa shape index (κ3) is 5.59. The molecular formula is C14H24N2O4. The van der Waals surface area contributed by atoms with Crippen LogP contribution in [-0.2, 0) is 14.4 Å². The predicted molar refractivity (Wildman–Crippen MR) is 74.1 cm³/mol. The second kappa shape index (κ2) is 7.87. The molecule has 1 fully saturated rings. The van der Waals surface area contributed by atoms with Crippen molar-refractivity contribution in [2.24, 2.45) is 0 Å². The molecule has 0 unspecified atom stereocenters. The molecule has 0 heterocycles. The first-order valence-corrected chi connectivity index (χ1v) is 7.27. The predicted octanol–water partition coefficient (Wildman–Crippen LogP) is 1.20. The standard InChI is InChI=1S/C14H24N2O4/c1-2-9-15-11(17)5-6-12(18)16-14(10-13(19)20)7-3-4-8-14/h2-10H2,1H3,(H,15,17)(H,16,18)(H,19,20). The van der Waals surface area contributed by atoms with Crippen LogP contribution < -0.4 is 10.6 Å². The van der Waals surface area contributed by atoms with Crippen molar-refractivity contribution in [3.63, 3.8) is 0 Å². The molecule has 0 bridgehead atoms. The van der Waals surface area contributed by atoms with Crippen molar-refractivity contribution in [2.75, 3.05) is 6.54 Å². The Balaban J connectivity index is 2.39. The molecule has 20 heavy (non-hydrogen) atoms. The Morgan fingerprint density at radius 2 is 1.70 bits per heavy atom. The minimum atomic E-state index is -0.895. The van der Waals surface area contributed by atoms with E-state index < -0.39 is 11.5 Å². The molecule has 0 radical (unpaired) electrons. The van der Waals surface area contributed by atoms with Crippen molar-refractivity contribution < 1.29 is 19.5 Å². The van der Waals surface area contributed by atoms with Gasteiger partial charge in [0, 0.05) is 19.4 Å². The summed E-state index contributed by atoms with van der Waals surface area (Å²) in [7, 11) is 0. The number of nitrogens with one attached hydrogen (secondary N) is 2. The van der Waals surface area contributed by atoms with Crippen LogP contribution in [0.15, 0.2) is 0 Å². The number of carboxylic acids is 1. The van der Waals surface area contributed by atoms with Crippen LogP contribution in [0, 0.1) is 0 Å². The fraction of sp³-hybridized carbons (Fsp3) is 0.786. The minimum Gasteiger partial charge on any atom is -0.481 e. The molecule has 6 heteroatoms. The van der Waals surface area contributed by atoms with Crippen molar-refractivity contribution in [1.29, 1.82) is 0 Å². The highest BCUT2D eigenvalue weighted by Crippen LogP contribution is 2.32. The summed E-state index contributed by atoms with van der Waals surface area (Å²) in [6.45, 7) is 2.58. The molecule has 1 saturated carbocycles. The first kappa shape index (κ1) is 16.5. The zero-order chi connectivity index (χ0) is 15.0. The third-order valence-electron chi connectivity index (χ3n) is 3.61. The van der Waals surface area contributed by atoms with Gasteiger partial charge in [-0.2, -0.15) is 0 Å². The summed E-state index contributed by atoms with van der Waals surface area (Å²) in [4.78, 5) is 34.2. The second-order valence-electron chi connectivity index (χ2n) is 5.46. The van der Waals surface area contributed by atoms with Crippen LogP contribution in [0.25, 0.3) is 0 Å². The number of hydrogen-bond acceptors (Lipinski definition) is 3. The fourth-order valence-corrected chi connectivity index (χ4v) is 2.63. The highest BCUT2D eigenvalue weighted by atomic mass is 16.4. The van der Waals surface area contributed by atoms with Gasteiger partial charge in [-0.1, -0.05) is 19.8 Å². The molecule has 0 spiro atoms. The maximum Gasteiger partial charge on any atom is 0.305 e. The molecule has 2 amide bonds. The summed E-state index contributed by atoms with van der Waals surface area (Å²) in [5.41, 5.74) is -0.608. The molecule has 0 aliphatic heterocycles. The normalized spacial score (nSPS) is 16.6. The molecule has 0 aromatic carbocycles. The number of carbonyl (C=O) groups excluding carboxylic acids is 2. The topological polar surface area (TPSA) is 95.5 Å². The van der Waals surface area contributed by atoms with Crippen LogP contribution >= 0.6 is 0 Å². The van der Waals surface area contributed by atoms with Crippen LogP contribution in [0.3, 0.4) is 0 Å². The van der Waals surface area contributed by atoms with Gasteiger partial charge >= 0.3 is 5.97 Å². The summed E-state index contributed by atoms with van der Waals surface area (Å²) in [5.74, 6) is -1.27. The number of rotatable bonds is 8. The average Bonchev–Trinajstić information content (AvgIpc) is 2.81. The third-order valence-corrected chi connectivity index (χ3v) is 3.61. The van der Waals surface area contributed by atoms with E-state index in [1.165, 1.54) is 0 Å². The Bertz CT molecular complexity index is 362. The summed E-state index contributed by atoms with van der Waals surface area (Å²) in [5, 5.41) is 14.5. The van der Waals surface area contributed by atoms with Gasteiger partial charge in [-0.15, -0.1) is 0 Å². The van der Waals surface area contributed by atoms with Crippen molar-refractivity contribution in [2.45, 2.75) is 63.8 Å². The average molecular weight is 284 g/mol. The van der Waals surface area contributed by atoms with E-state index in [9.17, 15) is 14.4 Å². The van der Waals surface area contributed by atoms with Gasteiger partial charge in [0.05, 0.1) is 12.0 Å². The maximum absolute atomic E-state index is 11.9.